The van der Waals surface area contributed by atoms with Crippen LogP contribution in [0, 0.1) is 6.92 Å². The van der Waals surface area contributed by atoms with Crippen LogP contribution in [0.25, 0.3) is 0 Å². The maximum atomic E-state index is 10.6. The molecule has 0 unspecified atom stereocenters. The molecule has 0 rings (SSSR count). The molecule has 0 bridgehead atoms. The Labute approximate surface area is 95.1 Å². The van der Waals surface area contributed by atoms with Gasteiger partial charge in [-0.3, -0.25) is 0 Å². The minimum absolute atomic E-state index is 1.19. The first kappa shape index (κ1) is 17.3. The van der Waals surface area contributed by atoms with Crippen LogP contribution in [0.15, 0.2) is 0 Å². The van der Waals surface area contributed by atoms with Gasteiger partial charge < -0.3 is 29.4 Å². The van der Waals surface area contributed by atoms with E-state index in [0.717, 1.165) is 0 Å². The van der Waals surface area contributed by atoms with Gasteiger partial charge in [0.1, 0.15) is 0 Å². The molecule has 12 nitrogen and oxygen atoms in total. The van der Waals surface area contributed by atoms with Crippen LogP contribution in [0.1, 0.15) is 0 Å². The third-order valence-electron chi connectivity index (χ3n) is 1.01. The fourth-order valence-corrected chi connectivity index (χ4v) is 2.91. The second-order valence-corrected chi connectivity index (χ2v) is 6.81. The first-order valence-corrected chi connectivity index (χ1v) is 8.36. The molecule has 0 fully saturated rings. The van der Waals surface area contributed by atoms with Gasteiger partial charge in [0.15, 0.2) is 5.79 Å². The molecule has 0 aliphatic heterocycles. The summed E-state index contributed by atoms with van der Waals surface area (Å²) in [6.07, 6.45) is 0. The lowest BCUT2D eigenvalue weighted by Gasteiger charge is -2.32. The lowest BCUT2D eigenvalue weighted by atomic mass is 10.5. The van der Waals surface area contributed by atoms with Crippen molar-refractivity contribution in [1.82, 2.24) is 15.3 Å². The Morgan fingerprint density at radius 1 is 0.706 bits per heavy atom. The van der Waals surface area contributed by atoms with E-state index >= 15 is 0 Å². The van der Waals surface area contributed by atoms with E-state index in [1.807, 2.05) is 0 Å². The Morgan fingerprint density at radius 3 is 1.00 bits per heavy atom. The van der Waals surface area contributed by atoms with Crippen LogP contribution in [0.3, 0.4) is 0 Å². The van der Waals surface area contributed by atoms with Crippen LogP contribution in [-0.2, 0) is 13.7 Å². The Hall–Kier alpha value is 0.330. The van der Waals surface area contributed by atoms with Gasteiger partial charge in [-0.1, -0.05) is 0 Å². The fraction of sp³-hybridized carbons (Fsp3) is 0.500. The van der Waals surface area contributed by atoms with Crippen molar-refractivity contribution >= 4 is 23.2 Å². The predicted molar refractivity (Wildman–Crippen MR) is 53.6 cm³/mol. The molecule has 0 aliphatic carbocycles. The smallest absolute Gasteiger partial charge is 0.313 e. The van der Waals surface area contributed by atoms with E-state index in [4.69, 9.17) is 29.4 Å². The van der Waals surface area contributed by atoms with Crippen molar-refractivity contribution in [2.24, 2.45) is 0 Å². The topological polar surface area (TPSA) is 209 Å². The van der Waals surface area contributed by atoms with Crippen molar-refractivity contribution in [3.63, 3.8) is 0 Å². The Morgan fingerprint density at radius 2 is 0.882 bits per heavy atom. The van der Waals surface area contributed by atoms with Gasteiger partial charge >= 0.3 is 23.2 Å². The quantitative estimate of drug-likeness (QED) is 0.184. The molecule has 9 N–H and O–H groups in total. The zero-order valence-corrected chi connectivity index (χ0v) is 10.6. The summed E-state index contributed by atoms with van der Waals surface area (Å²) in [7, 11) is -15.3. The average Bonchev–Trinajstić information content (AvgIpc) is 1.65. The third-order valence-corrected chi connectivity index (χ3v) is 3.03. The van der Waals surface area contributed by atoms with Crippen LogP contribution >= 0.6 is 23.2 Å². The summed E-state index contributed by atoms with van der Waals surface area (Å²) in [6, 6.07) is 0. The Balaban J connectivity index is 5.15. The molecule has 17 heavy (non-hydrogen) atoms. The molecule has 15 heteroatoms. The maximum absolute atomic E-state index is 10.6. The summed E-state index contributed by atoms with van der Waals surface area (Å²) in [4.78, 5) is 51.1. The summed E-state index contributed by atoms with van der Waals surface area (Å²) in [5.74, 6) is -2.84. The van der Waals surface area contributed by atoms with E-state index in [1.54, 1.807) is 0 Å². The summed E-state index contributed by atoms with van der Waals surface area (Å²) < 4.78 is 31.7. The van der Waals surface area contributed by atoms with Crippen LogP contribution in [0.2, 0.25) is 0 Å². The Kier molecular flexibility index (Phi) is 5.24. The normalized spacial score (nSPS) is 15.0. The summed E-state index contributed by atoms with van der Waals surface area (Å²) in [6.45, 7) is 2.82. The summed E-state index contributed by atoms with van der Waals surface area (Å²) >= 11 is 0. The van der Waals surface area contributed by atoms with E-state index in [-0.39, 0.29) is 0 Å². The minimum atomic E-state index is -5.08. The van der Waals surface area contributed by atoms with Gasteiger partial charge in [0.2, 0.25) is 0 Å². The van der Waals surface area contributed by atoms with Gasteiger partial charge in [-0.15, -0.1) is 0 Å². The number of hydrogen-bond acceptors (Lipinski definition) is 3. The standard InChI is InChI=1S/C2H11N3O9P3/c1-2(3-15(6,7)8,4-16(9,10)11)5-17(12,13)14/h1H2,(H3,3,6,7,8)(H3,4,9,10,11)(H3,5,12,13,14). The van der Waals surface area contributed by atoms with Crippen LogP contribution in [0.4, 0.5) is 0 Å². The number of nitrogens with one attached hydrogen (secondary N) is 3. The second-order valence-electron chi connectivity index (χ2n) is 2.87. The van der Waals surface area contributed by atoms with E-state index < -0.39 is 29.0 Å². The van der Waals surface area contributed by atoms with Crippen LogP contribution in [0.5, 0.6) is 0 Å². The van der Waals surface area contributed by atoms with E-state index in [1.165, 1.54) is 15.3 Å². The lowest BCUT2D eigenvalue weighted by Crippen LogP contribution is -2.60. The molecular weight excluding hydrogens is 303 g/mol. The zero-order chi connectivity index (χ0) is 14.1. The number of rotatable bonds is 6. The summed E-state index contributed by atoms with van der Waals surface area (Å²) in [5, 5.41) is 3.58. The molecule has 0 atom stereocenters. The van der Waals surface area contributed by atoms with Gasteiger partial charge in [-0.25, -0.2) is 13.7 Å². The average molecular weight is 314 g/mol. The highest BCUT2D eigenvalue weighted by molar-refractivity contribution is 7.51. The van der Waals surface area contributed by atoms with E-state index in [0.29, 0.717) is 0 Å². The van der Waals surface area contributed by atoms with Gasteiger partial charge in [0.25, 0.3) is 0 Å². The van der Waals surface area contributed by atoms with Crippen molar-refractivity contribution in [3.8, 4) is 0 Å². The molecule has 103 valence electrons. The van der Waals surface area contributed by atoms with Crippen molar-refractivity contribution in [2.45, 2.75) is 5.79 Å². The predicted octanol–water partition coefficient (Wildman–Crippen LogP) is -2.48. The van der Waals surface area contributed by atoms with E-state index in [2.05, 4.69) is 6.92 Å². The van der Waals surface area contributed by atoms with Crippen molar-refractivity contribution < 1.29 is 43.1 Å². The largest absolute Gasteiger partial charge is 0.402 e. The number of hydrogen-bond donors (Lipinski definition) is 9. The fourth-order valence-electron chi connectivity index (χ4n) is 0.821. The SMILES string of the molecule is [CH2]C(NP(=O)(O)O)(NP(=O)(O)O)NP(=O)(O)O. The van der Waals surface area contributed by atoms with Gasteiger partial charge in [0.05, 0.1) is 0 Å². The molecule has 0 heterocycles. The second kappa shape index (κ2) is 5.14. The van der Waals surface area contributed by atoms with Crippen molar-refractivity contribution in [3.05, 3.63) is 6.92 Å². The molecule has 0 aromatic heterocycles. The molecule has 0 aromatic rings. The zero-order valence-electron chi connectivity index (χ0n) is 7.96. The van der Waals surface area contributed by atoms with Gasteiger partial charge in [-0.05, 0) is 6.92 Å². The lowest BCUT2D eigenvalue weighted by molar-refractivity contribution is 0.265. The molecule has 0 amide bonds. The third kappa shape index (κ3) is 9.98. The highest BCUT2D eigenvalue weighted by Crippen LogP contribution is 2.40. The molecule has 0 spiro atoms. The highest BCUT2D eigenvalue weighted by Gasteiger charge is 2.40. The molecule has 0 saturated heterocycles. The van der Waals surface area contributed by atoms with E-state index in [9.17, 15) is 13.7 Å². The van der Waals surface area contributed by atoms with Crippen molar-refractivity contribution in [1.29, 1.82) is 0 Å². The van der Waals surface area contributed by atoms with Gasteiger partial charge in [0, 0.05) is 0 Å². The molecular formula is C2H11N3O9P3. The monoisotopic (exact) mass is 314 g/mol. The van der Waals surface area contributed by atoms with Gasteiger partial charge in [-0.2, -0.15) is 15.3 Å². The molecule has 0 aromatic carbocycles. The molecule has 1 radical (unpaired) electrons. The highest BCUT2D eigenvalue weighted by atomic mass is 31.2. The molecule has 0 aliphatic rings. The minimum Gasteiger partial charge on any atom is -0.313 e. The first-order chi connectivity index (χ1) is 7.12. The Bertz CT molecular complexity index is 344. The van der Waals surface area contributed by atoms with Crippen LogP contribution in [-0.4, -0.2) is 35.1 Å². The van der Waals surface area contributed by atoms with Crippen LogP contribution < -0.4 is 15.3 Å². The first-order valence-electron chi connectivity index (χ1n) is 3.52. The summed E-state index contributed by atoms with van der Waals surface area (Å²) in [5.41, 5.74) is 0. The van der Waals surface area contributed by atoms with Crippen molar-refractivity contribution in [2.75, 3.05) is 0 Å². The maximum Gasteiger partial charge on any atom is 0.402 e. The molecule has 0 saturated carbocycles.